The fraction of sp³-hybridized carbons (Fsp3) is 0.565. The van der Waals surface area contributed by atoms with Crippen LogP contribution in [0.15, 0.2) is 30.3 Å². The topological polar surface area (TPSA) is 171 Å². The predicted octanol–water partition coefficient (Wildman–Crippen LogP) is -0.210. The molecule has 5 unspecified atom stereocenters. The van der Waals surface area contributed by atoms with Crippen LogP contribution in [0.3, 0.4) is 0 Å². The standard InChI is InChI=1S/C23H36N4O6/c1-5-14(4)18(24)22(31)25-16(11-15-9-7-6-8-10-15)20(29)26-17(12-28)21(30)27-19(13(2)3)23(32)33/h6-10,13-14,16-19,28H,5,11-12,24H2,1-4H3,(H,25,31)(H,26,29)(H,27,30)(H,32,33). The van der Waals surface area contributed by atoms with E-state index in [9.17, 15) is 29.4 Å². The van der Waals surface area contributed by atoms with Gasteiger partial charge in [-0.3, -0.25) is 14.4 Å². The zero-order chi connectivity index (χ0) is 25.1. The first-order chi connectivity index (χ1) is 15.5. The number of carbonyl (C=O) groups is 4. The van der Waals surface area contributed by atoms with Crippen LogP contribution < -0.4 is 21.7 Å². The van der Waals surface area contributed by atoms with E-state index in [0.717, 1.165) is 5.56 Å². The van der Waals surface area contributed by atoms with Gasteiger partial charge in [-0.2, -0.15) is 0 Å². The van der Waals surface area contributed by atoms with Gasteiger partial charge in [-0.1, -0.05) is 64.4 Å². The normalized spacial score (nSPS) is 15.6. The van der Waals surface area contributed by atoms with Gasteiger partial charge in [0.15, 0.2) is 0 Å². The van der Waals surface area contributed by atoms with Crippen molar-refractivity contribution in [2.24, 2.45) is 17.6 Å². The van der Waals surface area contributed by atoms with E-state index in [-0.39, 0.29) is 12.3 Å². The Kier molecular flexibility index (Phi) is 11.5. The number of hydrogen-bond donors (Lipinski definition) is 6. The molecular weight excluding hydrogens is 428 g/mol. The lowest BCUT2D eigenvalue weighted by Crippen LogP contribution is -2.59. The Morgan fingerprint density at radius 3 is 1.94 bits per heavy atom. The molecule has 0 saturated heterocycles. The molecule has 0 aliphatic heterocycles. The van der Waals surface area contributed by atoms with Crippen molar-refractivity contribution in [3.8, 4) is 0 Å². The van der Waals surface area contributed by atoms with Crippen LogP contribution in [-0.2, 0) is 25.6 Å². The lowest BCUT2D eigenvalue weighted by atomic mass is 9.98. The molecule has 0 heterocycles. The highest BCUT2D eigenvalue weighted by Gasteiger charge is 2.31. The molecule has 0 spiro atoms. The van der Waals surface area contributed by atoms with Crippen LogP contribution in [0.4, 0.5) is 0 Å². The maximum atomic E-state index is 13.0. The Morgan fingerprint density at radius 1 is 0.909 bits per heavy atom. The van der Waals surface area contributed by atoms with Crippen LogP contribution >= 0.6 is 0 Å². The van der Waals surface area contributed by atoms with Gasteiger partial charge in [0.05, 0.1) is 12.6 Å². The molecule has 1 aromatic rings. The zero-order valence-electron chi connectivity index (χ0n) is 19.6. The van der Waals surface area contributed by atoms with Gasteiger partial charge in [0, 0.05) is 6.42 Å². The summed E-state index contributed by atoms with van der Waals surface area (Å²) in [5.74, 6) is -3.79. The summed E-state index contributed by atoms with van der Waals surface area (Å²) in [7, 11) is 0. The van der Waals surface area contributed by atoms with E-state index in [1.54, 1.807) is 38.1 Å². The van der Waals surface area contributed by atoms with Gasteiger partial charge in [0.2, 0.25) is 17.7 Å². The summed E-state index contributed by atoms with van der Waals surface area (Å²) in [6, 6.07) is 4.52. The van der Waals surface area contributed by atoms with Gasteiger partial charge in [0.25, 0.3) is 0 Å². The molecule has 0 bridgehead atoms. The molecule has 0 radical (unpaired) electrons. The summed E-state index contributed by atoms with van der Waals surface area (Å²) in [4.78, 5) is 49.5. The van der Waals surface area contributed by atoms with Crippen LogP contribution in [0.25, 0.3) is 0 Å². The highest BCUT2D eigenvalue weighted by molar-refractivity contribution is 5.94. The number of hydrogen-bond acceptors (Lipinski definition) is 6. The van der Waals surface area contributed by atoms with Crippen LogP contribution in [0.1, 0.15) is 39.7 Å². The minimum Gasteiger partial charge on any atom is -0.480 e. The van der Waals surface area contributed by atoms with Gasteiger partial charge in [0.1, 0.15) is 18.1 Å². The molecule has 7 N–H and O–H groups in total. The lowest BCUT2D eigenvalue weighted by molar-refractivity contribution is -0.143. The summed E-state index contributed by atoms with van der Waals surface area (Å²) in [5.41, 5.74) is 6.77. The van der Waals surface area contributed by atoms with E-state index in [1.165, 1.54) is 0 Å². The van der Waals surface area contributed by atoms with Crippen molar-refractivity contribution in [3.05, 3.63) is 35.9 Å². The fourth-order valence-electron chi connectivity index (χ4n) is 3.07. The average molecular weight is 465 g/mol. The molecule has 0 aromatic heterocycles. The average Bonchev–Trinajstić information content (AvgIpc) is 2.79. The highest BCUT2D eigenvalue weighted by atomic mass is 16.4. The Morgan fingerprint density at radius 2 is 1.45 bits per heavy atom. The number of benzene rings is 1. The lowest BCUT2D eigenvalue weighted by Gasteiger charge is -2.26. The van der Waals surface area contributed by atoms with E-state index in [2.05, 4.69) is 16.0 Å². The third-order valence-electron chi connectivity index (χ3n) is 5.52. The van der Waals surface area contributed by atoms with Crippen molar-refractivity contribution in [2.75, 3.05) is 6.61 Å². The second-order valence-electron chi connectivity index (χ2n) is 8.47. The Labute approximate surface area is 194 Å². The first-order valence-corrected chi connectivity index (χ1v) is 11.1. The fourth-order valence-corrected chi connectivity index (χ4v) is 3.07. The van der Waals surface area contributed by atoms with E-state index >= 15 is 0 Å². The van der Waals surface area contributed by atoms with Crippen molar-refractivity contribution in [2.45, 2.75) is 64.7 Å². The smallest absolute Gasteiger partial charge is 0.326 e. The van der Waals surface area contributed by atoms with Crippen LogP contribution in [0, 0.1) is 11.8 Å². The third kappa shape index (κ3) is 8.82. The van der Waals surface area contributed by atoms with E-state index in [1.807, 2.05) is 19.9 Å². The molecule has 3 amide bonds. The number of carboxylic acids is 1. The maximum absolute atomic E-state index is 13.0. The number of amides is 3. The number of nitrogens with one attached hydrogen (secondary N) is 3. The van der Waals surface area contributed by atoms with Crippen molar-refractivity contribution in [1.82, 2.24) is 16.0 Å². The molecule has 0 aliphatic carbocycles. The Hall–Kier alpha value is -2.98. The molecule has 0 saturated carbocycles. The first-order valence-electron chi connectivity index (χ1n) is 11.1. The van der Waals surface area contributed by atoms with Crippen molar-refractivity contribution in [3.63, 3.8) is 0 Å². The second-order valence-corrected chi connectivity index (χ2v) is 8.47. The van der Waals surface area contributed by atoms with Crippen molar-refractivity contribution >= 4 is 23.7 Å². The summed E-state index contributed by atoms with van der Waals surface area (Å²) in [6.45, 7) is 6.23. The van der Waals surface area contributed by atoms with E-state index in [4.69, 9.17) is 5.73 Å². The summed E-state index contributed by atoms with van der Waals surface area (Å²) in [5, 5.41) is 26.3. The molecule has 10 heteroatoms. The largest absolute Gasteiger partial charge is 0.480 e. The highest BCUT2D eigenvalue weighted by Crippen LogP contribution is 2.08. The van der Waals surface area contributed by atoms with Crippen LogP contribution in [0.2, 0.25) is 0 Å². The minimum absolute atomic E-state index is 0.106. The van der Waals surface area contributed by atoms with E-state index < -0.39 is 60.4 Å². The maximum Gasteiger partial charge on any atom is 0.326 e. The quantitative estimate of drug-likeness (QED) is 0.234. The Balaban J connectivity index is 3.01. The molecule has 0 fully saturated rings. The number of aliphatic hydroxyl groups is 1. The number of carbonyl (C=O) groups excluding carboxylic acids is 3. The van der Waals surface area contributed by atoms with Gasteiger partial charge < -0.3 is 31.9 Å². The number of rotatable bonds is 13. The van der Waals surface area contributed by atoms with Crippen molar-refractivity contribution < 1.29 is 29.4 Å². The summed E-state index contributed by atoms with van der Waals surface area (Å²) >= 11 is 0. The molecule has 0 aliphatic rings. The van der Waals surface area contributed by atoms with Gasteiger partial charge in [-0.15, -0.1) is 0 Å². The SMILES string of the molecule is CCC(C)C(N)C(=O)NC(Cc1ccccc1)C(=O)NC(CO)C(=O)NC(C(=O)O)C(C)C. The third-order valence-corrected chi connectivity index (χ3v) is 5.52. The second kappa shape index (κ2) is 13.5. The molecule has 1 rings (SSSR count). The van der Waals surface area contributed by atoms with Gasteiger partial charge >= 0.3 is 5.97 Å². The molecule has 10 nitrogen and oxygen atoms in total. The monoisotopic (exact) mass is 464 g/mol. The summed E-state index contributed by atoms with van der Waals surface area (Å²) < 4.78 is 0. The predicted molar refractivity (Wildman–Crippen MR) is 123 cm³/mol. The molecular formula is C23H36N4O6. The minimum atomic E-state index is -1.39. The first kappa shape index (κ1) is 28.1. The number of aliphatic carboxylic acids is 1. The van der Waals surface area contributed by atoms with Crippen molar-refractivity contribution in [1.29, 1.82) is 0 Å². The number of carboxylic acid groups (broad SMARTS) is 1. The molecule has 5 atom stereocenters. The molecule has 184 valence electrons. The van der Waals surface area contributed by atoms with Gasteiger partial charge in [-0.25, -0.2) is 4.79 Å². The Bertz CT molecular complexity index is 801. The van der Waals surface area contributed by atoms with E-state index in [0.29, 0.717) is 6.42 Å². The van der Waals surface area contributed by atoms with Crippen LogP contribution in [0.5, 0.6) is 0 Å². The zero-order valence-corrected chi connectivity index (χ0v) is 19.6. The van der Waals surface area contributed by atoms with Crippen LogP contribution in [-0.4, -0.2) is 64.7 Å². The molecule has 33 heavy (non-hydrogen) atoms. The number of nitrogens with two attached hydrogens (primary N) is 1. The molecule has 1 aromatic carbocycles. The van der Waals surface area contributed by atoms with Gasteiger partial charge in [-0.05, 0) is 17.4 Å². The number of aliphatic hydroxyl groups excluding tert-OH is 1. The summed E-state index contributed by atoms with van der Waals surface area (Å²) in [6.07, 6.45) is 0.812.